The monoisotopic (exact) mass is 269 g/mol. The number of carboxylic acid groups (broad SMARTS) is 1. The summed E-state index contributed by atoms with van der Waals surface area (Å²) in [6, 6.07) is 7.03. The summed E-state index contributed by atoms with van der Waals surface area (Å²) < 4.78 is 0. The zero-order chi connectivity index (χ0) is 14.1. The van der Waals surface area contributed by atoms with E-state index in [2.05, 4.69) is 14.9 Å². The minimum atomic E-state index is -0.900. The SMILES string of the molecule is Cc1ncc2c(n1)CCN(c1cccc(C(=O)O)c1)C2. The molecule has 5 nitrogen and oxygen atoms in total. The molecule has 2 heterocycles. The maximum atomic E-state index is 11.0. The quantitative estimate of drug-likeness (QED) is 0.903. The van der Waals surface area contributed by atoms with Crippen LogP contribution in [0, 0.1) is 6.92 Å². The molecule has 0 fully saturated rings. The minimum absolute atomic E-state index is 0.313. The summed E-state index contributed by atoms with van der Waals surface area (Å²) in [5, 5.41) is 9.06. The van der Waals surface area contributed by atoms with Gasteiger partial charge >= 0.3 is 5.97 Å². The van der Waals surface area contributed by atoms with Gasteiger partial charge in [0.15, 0.2) is 0 Å². The molecule has 0 saturated heterocycles. The second-order valence-electron chi connectivity index (χ2n) is 4.92. The lowest BCUT2D eigenvalue weighted by molar-refractivity contribution is 0.0697. The molecule has 0 radical (unpaired) electrons. The van der Waals surface area contributed by atoms with Gasteiger partial charge in [-0.25, -0.2) is 14.8 Å². The predicted molar refractivity (Wildman–Crippen MR) is 74.9 cm³/mol. The number of aromatic carboxylic acids is 1. The standard InChI is InChI=1S/C15H15N3O2/c1-10-16-8-12-9-18(6-5-14(12)17-10)13-4-2-3-11(7-13)15(19)20/h2-4,7-8H,5-6,9H2,1H3,(H,19,20). The first-order valence-electron chi connectivity index (χ1n) is 6.53. The number of fused-ring (bicyclic) bond motifs is 1. The van der Waals surface area contributed by atoms with E-state index in [-0.39, 0.29) is 0 Å². The van der Waals surface area contributed by atoms with Crippen molar-refractivity contribution in [2.45, 2.75) is 19.9 Å². The van der Waals surface area contributed by atoms with Gasteiger partial charge in [-0.05, 0) is 25.1 Å². The third-order valence-electron chi connectivity index (χ3n) is 3.51. The average molecular weight is 269 g/mol. The molecule has 2 aromatic rings. The Hall–Kier alpha value is -2.43. The van der Waals surface area contributed by atoms with Crippen LogP contribution >= 0.6 is 0 Å². The molecule has 1 aliphatic rings. The molecule has 0 aliphatic carbocycles. The van der Waals surface area contributed by atoms with Gasteiger partial charge in [0.1, 0.15) is 5.82 Å². The molecule has 0 atom stereocenters. The Kier molecular flexibility index (Phi) is 3.10. The van der Waals surface area contributed by atoms with Gasteiger partial charge < -0.3 is 10.0 Å². The van der Waals surface area contributed by atoms with Gasteiger partial charge in [-0.1, -0.05) is 6.07 Å². The molecule has 20 heavy (non-hydrogen) atoms. The Balaban J connectivity index is 1.88. The van der Waals surface area contributed by atoms with Crippen LogP contribution in [-0.2, 0) is 13.0 Å². The van der Waals surface area contributed by atoms with Crippen LogP contribution in [-0.4, -0.2) is 27.6 Å². The van der Waals surface area contributed by atoms with Crippen LogP contribution in [0.3, 0.4) is 0 Å². The number of aromatic nitrogens is 2. The van der Waals surface area contributed by atoms with E-state index in [1.54, 1.807) is 18.2 Å². The third-order valence-corrected chi connectivity index (χ3v) is 3.51. The summed E-state index contributed by atoms with van der Waals surface area (Å²) in [4.78, 5) is 21.9. The van der Waals surface area contributed by atoms with Crippen LogP contribution in [0.2, 0.25) is 0 Å². The van der Waals surface area contributed by atoms with Crippen molar-refractivity contribution in [3.63, 3.8) is 0 Å². The maximum Gasteiger partial charge on any atom is 0.335 e. The molecule has 1 N–H and O–H groups in total. The zero-order valence-electron chi connectivity index (χ0n) is 11.2. The first-order valence-corrected chi connectivity index (χ1v) is 6.53. The summed E-state index contributed by atoms with van der Waals surface area (Å²) in [6.45, 7) is 3.45. The fraction of sp³-hybridized carbons (Fsp3) is 0.267. The highest BCUT2D eigenvalue weighted by Gasteiger charge is 2.18. The van der Waals surface area contributed by atoms with Gasteiger partial charge in [-0.2, -0.15) is 0 Å². The number of hydrogen-bond donors (Lipinski definition) is 1. The molecule has 0 saturated carbocycles. The number of nitrogens with zero attached hydrogens (tertiary/aromatic N) is 3. The molecule has 0 unspecified atom stereocenters. The third kappa shape index (κ3) is 2.34. The van der Waals surface area contributed by atoms with Crippen molar-refractivity contribution in [3.8, 4) is 0 Å². The van der Waals surface area contributed by atoms with Crippen molar-refractivity contribution in [1.82, 2.24) is 9.97 Å². The Morgan fingerprint density at radius 3 is 3.05 bits per heavy atom. The number of carboxylic acids is 1. The van der Waals surface area contributed by atoms with Crippen LogP contribution in [0.4, 0.5) is 5.69 Å². The zero-order valence-corrected chi connectivity index (χ0v) is 11.2. The van der Waals surface area contributed by atoms with E-state index in [1.165, 1.54) is 0 Å². The number of aryl methyl sites for hydroxylation is 1. The molecule has 1 aromatic carbocycles. The lowest BCUT2D eigenvalue weighted by Crippen LogP contribution is -2.31. The number of carbonyl (C=O) groups is 1. The summed E-state index contributed by atoms with van der Waals surface area (Å²) in [6.07, 6.45) is 2.72. The van der Waals surface area contributed by atoms with Crippen molar-refractivity contribution in [2.24, 2.45) is 0 Å². The fourth-order valence-electron chi connectivity index (χ4n) is 2.47. The van der Waals surface area contributed by atoms with E-state index < -0.39 is 5.97 Å². The van der Waals surface area contributed by atoms with E-state index in [1.807, 2.05) is 19.2 Å². The second kappa shape index (κ2) is 4.92. The van der Waals surface area contributed by atoms with E-state index in [4.69, 9.17) is 5.11 Å². The summed E-state index contributed by atoms with van der Waals surface area (Å²) in [7, 11) is 0. The number of anilines is 1. The van der Waals surface area contributed by atoms with Crippen LogP contribution in [0.1, 0.15) is 27.4 Å². The summed E-state index contributed by atoms with van der Waals surface area (Å²) in [5.74, 6) is -0.103. The smallest absolute Gasteiger partial charge is 0.335 e. The predicted octanol–water partition coefficient (Wildman–Crippen LogP) is 2.05. The normalized spacial score (nSPS) is 13.9. The Labute approximate surface area is 116 Å². The van der Waals surface area contributed by atoms with E-state index in [9.17, 15) is 4.79 Å². The number of hydrogen-bond acceptors (Lipinski definition) is 4. The average Bonchev–Trinajstić information content (AvgIpc) is 2.47. The Morgan fingerprint density at radius 1 is 1.40 bits per heavy atom. The summed E-state index contributed by atoms with van der Waals surface area (Å²) in [5.41, 5.74) is 3.45. The van der Waals surface area contributed by atoms with Crippen molar-refractivity contribution in [1.29, 1.82) is 0 Å². The minimum Gasteiger partial charge on any atom is -0.478 e. The molecule has 0 amide bonds. The Morgan fingerprint density at radius 2 is 2.25 bits per heavy atom. The van der Waals surface area contributed by atoms with Crippen molar-refractivity contribution < 1.29 is 9.90 Å². The molecule has 5 heteroatoms. The first kappa shape index (κ1) is 12.6. The van der Waals surface area contributed by atoms with Crippen molar-refractivity contribution in [2.75, 3.05) is 11.4 Å². The number of benzene rings is 1. The van der Waals surface area contributed by atoms with Crippen LogP contribution in [0.25, 0.3) is 0 Å². The highest BCUT2D eigenvalue weighted by molar-refractivity contribution is 5.88. The largest absolute Gasteiger partial charge is 0.478 e. The molecular formula is C15H15N3O2. The molecule has 0 bridgehead atoms. The van der Waals surface area contributed by atoms with Gasteiger partial charge in [-0.3, -0.25) is 0 Å². The first-order chi connectivity index (χ1) is 9.63. The van der Waals surface area contributed by atoms with Crippen molar-refractivity contribution >= 4 is 11.7 Å². The number of rotatable bonds is 2. The topological polar surface area (TPSA) is 66.3 Å². The highest BCUT2D eigenvalue weighted by Crippen LogP contribution is 2.24. The van der Waals surface area contributed by atoms with Crippen molar-refractivity contribution in [3.05, 3.63) is 53.1 Å². The molecule has 1 aliphatic heterocycles. The van der Waals surface area contributed by atoms with E-state index >= 15 is 0 Å². The van der Waals surface area contributed by atoms with Gasteiger partial charge in [0.2, 0.25) is 0 Å². The molecule has 1 aromatic heterocycles. The highest BCUT2D eigenvalue weighted by atomic mass is 16.4. The molecular weight excluding hydrogens is 254 g/mol. The molecule has 102 valence electrons. The van der Waals surface area contributed by atoms with Gasteiger partial charge in [-0.15, -0.1) is 0 Å². The van der Waals surface area contributed by atoms with Crippen LogP contribution in [0.15, 0.2) is 30.5 Å². The Bertz CT molecular complexity index is 670. The molecule has 0 spiro atoms. The fourth-order valence-corrected chi connectivity index (χ4v) is 2.47. The van der Waals surface area contributed by atoms with Gasteiger partial charge in [0.25, 0.3) is 0 Å². The second-order valence-corrected chi connectivity index (χ2v) is 4.92. The van der Waals surface area contributed by atoms with Crippen LogP contribution < -0.4 is 4.90 Å². The lowest BCUT2D eigenvalue weighted by Gasteiger charge is -2.30. The lowest BCUT2D eigenvalue weighted by atomic mass is 10.1. The van der Waals surface area contributed by atoms with E-state index in [0.29, 0.717) is 5.56 Å². The molecule has 3 rings (SSSR count). The van der Waals surface area contributed by atoms with E-state index in [0.717, 1.165) is 42.3 Å². The summed E-state index contributed by atoms with van der Waals surface area (Å²) >= 11 is 0. The van der Waals surface area contributed by atoms with Gasteiger partial charge in [0, 0.05) is 37.0 Å². The maximum absolute atomic E-state index is 11.0. The van der Waals surface area contributed by atoms with Crippen LogP contribution in [0.5, 0.6) is 0 Å². The van der Waals surface area contributed by atoms with Gasteiger partial charge in [0.05, 0.1) is 11.3 Å².